The molecule has 0 unspecified atom stereocenters. The summed E-state index contributed by atoms with van der Waals surface area (Å²) in [6, 6.07) is 0. The molecule has 0 aliphatic carbocycles. The average Bonchev–Trinajstić information content (AvgIpc) is 2.28. The van der Waals surface area contributed by atoms with Gasteiger partial charge in [-0.15, -0.1) is 11.3 Å². The number of carbonyl (C=O) groups excluding carboxylic acids is 1. The Hall–Kier alpha value is -0.700. The van der Waals surface area contributed by atoms with Crippen molar-refractivity contribution in [2.24, 2.45) is 5.41 Å². The minimum atomic E-state index is -0.260. The predicted molar refractivity (Wildman–Crippen MR) is 59.8 cm³/mol. The number of thiazole rings is 1. The third kappa shape index (κ3) is 2.64. The molecule has 0 fully saturated rings. The van der Waals surface area contributed by atoms with Crippen LogP contribution in [0.2, 0.25) is 0 Å². The monoisotopic (exact) mass is 211 g/mol. The van der Waals surface area contributed by atoms with Crippen LogP contribution in [0.4, 0.5) is 0 Å². The number of nitrogens with zero attached hydrogens (tertiary/aromatic N) is 1. The van der Waals surface area contributed by atoms with Gasteiger partial charge in [0.05, 0.1) is 17.1 Å². The van der Waals surface area contributed by atoms with Gasteiger partial charge in [0, 0.05) is 10.3 Å². The Kier molecular flexibility index (Phi) is 3.10. The Balaban J connectivity index is 2.80. The zero-order chi connectivity index (χ0) is 10.9. The van der Waals surface area contributed by atoms with E-state index in [0.29, 0.717) is 6.42 Å². The van der Waals surface area contributed by atoms with Crippen molar-refractivity contribution in [1.29, 1.82) is 0 Å². The lowest BCUT2D eigenvalue weighted by atomic mass is 9.88. The maximum atomic E-state index is 11.8. The Labute approximate surface area is 89.4 Å². The molecule has 2 nitrogen and oxygen atoms in total. The van der Waals surface area contributed by atoms with Crippen molar-refractivity contribution in [3.05, 3.63) is 15.6 Å². The highest BCUT2D eigenvalue weighted by atomic mass is 32.1. The van der Waals surface area contributed by atoms with E-state index in [9.17, 15) is 4.79 Å². The third-order valence-electron chi connectivity index (χ3n) is 2.16. The minimum absolute atomic E-state index is 0.255. The lowest BCUT2D eigenvalue weighted by Gasteiger charge is -2.15. The molecule has 0 bridgehead atoms. The van der Waals surface area contributed by atoms with Gasteiger partial charge in [-0.1, -0.05) is 20.8 Å². The molecule has 1 heterocycles. The summed E-state index contributed by atoms with van der Waals surface area (Å²) in [6.45, 7) is 9.84. The SMILES string of the molecule is Cc1nc(CC(=O)C(C)(C)C)c(C)s1. The van der Waals surface area contributed by atoms with E-state index in [1.54, 1.807) is 11.3 Å². The fraction of sp³-hybridized carbons (Fsp3) is 0.636. The molecule has 78 valence electrons. The van der Waals surface area contributed by atoms with E-state index < -0.39 is 0 Å². The molecule has 1 aromatic rings. The first-order chi connectivity index (χ1) is 6.30. The second-order valence-electron chi connectivity index (χ2n) is 4.59. The zero-order valence-corrected chi connectivity index (χ0v) is 10.3. The van der Waals surface area contributed by atoms with Crippen LogP contribution in [0, 0.1) is 19.3 Å². The molecule has 0 saturated heterocycles. The van der Waals surface area contributed by atoms with Crippen LogP contribution in [-0.2, 0) is 11.2 Å². The van der Waals surface area contributed by atoms with Gasteiger partial charge in [-0.3, -0.25) is 4.79 Å². The summed E-state index contributed by atoms with van der Waals surface area (Å²) in [4.78, 5) is 17.3. The van der Waals surface area contributed by atoms with Crippen LogP contribution >= 0.6 is 11.3 Å². The van der Waals surface area contributed by atoms with E-state index in [1.165, 1.54) is 4.88 Å². The van der Waals surface area contributed by atoms with Crippen LogP contribution in [0.1, 0.15) is 36.3 Å². The molecular weight excluding hydrogens is 194 g/mol. The number of carbonyl (C=O) groups is 1. The summed E-state index contributed by atoms with van der Waals surface area (Å²) in [5, 5.41) is 1.04. The van der Waals surface area contributed by atoms with Gasteiger partial charge >= 0.3 is 0 Å². The molecule has 0 radical (unpaired) electrons. The largest absolute Gasteiger partial charge is 0.299 e. The van der Waals surface area contributed by atoms with Crippen molar-refractivity contribution in [3.63, 3.8) is 0 Å². The first-order valence-electron chi connectivity index (χ1n) is 4.77. The van der Waals surface area contributed by atoms with Gasteiger partial charge in [0.2, 0.25) is 0 Å². The molecule has 0 aliphatic rings. The van der Waals surface area contributed by atoms with Gasteiger partial charge in [0.15, 0.2) is 0 Å². The molecule has 1 aromatic heterocycles. The van der Waals surface area contributed by atoms with Crippen molar-refractivity contribution in [2.75, 3.05) is 0 Å². The lowest BCUT2D eigenvalue weighted by Crippen LogP contribution is -2.22. The Morgan fingerprint density at radius 2 is 1.93 bits per heavy atom. The van der Waals surface area contributed by atoms with Crippen LogP contribution in [-0.4, -0.2) is 10.8 Å². The van der Waals surface area contributed by atoms with Gasteiger partial charge in [-0.2, -0.15) is 0 Å². The number of rotatable bonds is 2. The number of Topliss-reactive ketones (excluding diaryl/α,β-unsaturated/α-hetero) is 1. The van der Waals surface area contributed by atoms with Crippen molar-refractivity contribution < 1.29 is 4.79 Å². The highest BCUT2D eigenvalue weighted by Gasteiger charge is 2.22. The summed E-state index contributed by atoms with van der Waals surface area (Å²) in [6.07, 6.45) is 0.472. The highest BCUT2D eigenvalue weighted by molar-refractivity contribution is 7.11. The molecule has 0 amide bonds. The average molecular weight is 211 g/mol. The van der Waals surface area contributed by atoms with Crippen LogP contribution in [0.3, 0.4) is 0 Å². The van der Waals surface area contributed by atoms with E-state index in [1.807, 2.05) is 34.6 Å². The first-order valence-corrected chi connectivity index (χ1v) is 5.58. The number of hydrogen-bond donors (Lipinski definition) is 0. The fourth-order valence-electron chi connectivity index (χ4n) is 1.15. The van der Waals surface area contributed by atoms with Crippen molar-refractivity contribution in [1.82, 2.24) is 4.98 Å². The molecule has 0 N–H and O–H groups in total. The number of ketones is 1. The lowest BCUT2D eigenvalue weighted by molar-refractivity contribution is -0.125. The van der Waals surface area contributed by atoms with Gasteiger partial charge in [0.25, 0.3) is 0 Å². The Morgan fingerprint density at radius 3 is 2.29 bits per heavy atom. The second kappa shape index (κ2) is 3.81. The summed E-state index contributed by atoms with van der Waals surface area (Å²) >= 11 is 1.66. The molecular formula is C11H17NOS. The molecule has 0 aliphatic heterocycles. The maximum absolute atomic E-state index is 11.8. The zero-order valence-electron chi connectivity index (χ0n) is 9.47. The maximum Gasteiger partial charge on any atom is 0.144 e. The van der Waals surface area contributed by atoms with Crippen LogP contribution < -0.4 is 0 Å². The van der Waals surface area contributed by atoms with Gasteiger partial charge in [-0.25, -0.2) is 4.98 Å². The summed E-state index contributed by atoms with van der Waals surface area (Å²) in [5.41, 5.74) is 0.691. The van der Waals surface area contributed by atoms with Crippen LogP contribution in [0.25, 0.3) is 0 Å². The van der Waals surface area contributed by atoms with E-state index >= 15 is 0 Å². The number of aromatic nitrogens is 1. The fourth-order valence-corrected chi connectivity index (χ4v) is 1.99. The van der Waals surface area contributed by atoms with Gasteiger partial charge < -0.3 is 0 Å². The normalized spacial score (nSPS) is 11.8. The summed E-state index contributed by atoms with van der Waals surface area (Å²) < 4.78 is 0. The van der Waals surface area contributed by atoms with Crippen molar-refractivity contribution >= 4 is 17.1 Å². The van der Waals surface area contributed by atoms with E-state index in [-0.39, 0.29) is 11.2 Å². The topological polar surface area (TPSA) is 30.0 Å². The van der Waals surface area contributed by atoms with Gasteiger partial charge in [0.1, 0.15) is 5.78 Å². The quantitative estimate of drug-likeness (QED) is 0.753. The van der Waals surface area contributed by atoms with Crippen molar-refractivity contribution in [3.8, 4) is 0 Å². The molecule has 0 atom stereocenters. The molecule has 3 heteroatoms. The third-order valence-corrected chi connectivity index (χ3v) is 3.09. The summed E-state index contributed by atoms with van der Waals surface area (Å²) in [5.74, 6) is 0.255. The molecule has 0 spiro atoms. The van der Waals surface area contributed by atoms with E-state index in [0.717, 1.165) is 10.7 Å². The highest BCUT2D eigenvalue weighted by Crippen LogP contribution is 2.22. The first kappa shape index (κ1) is 11.4. The second-order valence-corrected chi connectivity index (χ2v) is 5.99. The van der Waals surface area contributed by atoms with Crippen molar-refractivity contribution in [2.45, 2.75) is 41.0 Å². The number of hydrogen-bond acceptors (Lipinski definition) is 3. The number of aryl methyl sites for hydroxylation is 2. The predicted octanol–water partition coefficient (Wildman–Crippen LogP) is 2.92. The molecule has 0 saturated carbocycles. The summed E-state index contributed by atoms with van der Waals surface area (Å²) in [7, 11) is 0. The Morgan fingerprint density at radius 1 is 1.36 bits per heavy atom. The van der Waals surface area contributed by atoms with Crippen LogP contribution in [0.5, 0.6) is 0 Å². The standard InChI is InChI=1S/C11H17NOS/c1-7-9(12-8(2)14-7)6-10(13)11(3,4)5/h6H2,1-5H3. The molecule has 1 rings (SSSR count). The Bertz CT molecular complexity index is 347. The molecule has 14 heavy (non-hydrogen) atoms. The van der Waals surface area contributed by atoms with Crippen LogP contribution in [0.15, 0.2) is 0 Å². The minimum Gasteiger partial charge on any atom is -0.299 e. The smallest absolute Gasteiger partial charge is 0.144 e. The van der Waals surface area contributed by atoms with Gasteiger partial charge in [-0.05, 0) is 13.8 Å². The van der Waals surface area contributed by atoms with E-state index in [4.69, 9.17) is 0 Å². The molecule has 0 aromatic carbocycles. The van der Waals surface area contributed by atoms with E-state index in [2.05, 4.69) is 4.98 Å².